The summed E-state index contributed by atoms with van der Waals surface area (Å²) in [5.74, 6) is 1.92. The van der Waals surface area contributed by atoms with Gasteiger partial charge in [0.25, 0.3) is 0 Å². The van der Waals surface area contributed by atoms with Crippen LogP contribution in [0.4, 0.5) is 0 Å². The Bertz CT molecular complexity index is 248. The minimum atomic E-state index is 0.522. The van der Waals surface area contributed by atoms with Crippen molar-refractivity contribution < 1.29 is 0 Å². The lowest BCUT2D eigenvalue weighted by molar-refractivity contribution is 0.112. The Kier molecular flexibility index (Phi) is 4.71. The van der Waals surface area contributed by atoms with Gasteiger partial charge in [-0.15, -0.1) is 0 Å². The number of nitrogens with zero attached hydrogens (tertiary/aromatic N) is 1. The average molecular weight is 252 g/mol. The van der Waals surface area contributed by atoms with E-state index in [2.05, 4.69) is 37.9 Å². The van der Waals surface area contributed by atoms with E-state index in [0.29, 0.717) is 11.5 Å². The van der Waals surface area contributed by atoms with Gasteiger partial charge in [0, 0.05) is 32.2 Å². The van der Waals surface area contributed by atoms with Gasteiger partial charge in [-0.05, 0) is 49.9 Å². The molecule has 0 amide bonds. The summed E-state index contributed by atoms with van der Waals surface area (Å²) in [6.07, 6.45) is 5.83. The molecule has 0 bridgehead atoms. The van der Waals surface area contributed by atoms with Crippen molar-refractivity contribution in [3.8, 4) is 0 Å². The maximum Gasteiger partial charge on any atom is 0.0167 e. The van der Waals surface area contributed by atoms with Gasteiger partial charge >= 0.3 is 0 Å². The Morgan fingerprint density at radius 2 is 1.78 bits per heavy atom. The van der Waals surface area contributed by atoms with Gasteiger partial charge in [-0.25, -0.2) is 0 Å². The van der Waals surface area contributed by atoms with Gasteiger partial charge in [0.2, 0.25) is 0 Å². The van der Waals surface area contributed by atoms with Gasteiger partial charge in [-0.3, -0.25) is 0 Å². The first-order valence-electron chi connectivity index (χ1n) is 7.91. The minimum absolute atomic E-state index is 0.522. The van der Waals surface area contributed by atoms with Crippen molar-refractivity contribution in [1.82, 2.24) is 10.2 Å². The summed E-state index contributed by atoms with van der Waals surface area (Å²) >= 11 is 0. The molecule has 106 valence electrons. The largest absolute Gasteiger partial charge is 0.312 e. The predicted molar refractivity (Wildman–Crippen MR) is 78.8 cm³/mol. The van der Waals surface area contributed by atoms with Crippen LogP contribution in [0.15, 0.2) is 0 Å². The third-order valence-electron chi connectivity index (χ3n) is 5.04. The number of piperazine rings is 1. The Morgan fingerprint density at radius 1 is 1.11 bits per heavy atom. The molecule has 0 spiro atoms. The second kappa shape index (κ2) is 5.92. The van der Waals surface area contributed by atoms with E-state index in [1.165, 1.54) is 51.9 Å². The summed E-state index contributed by atoms with van der Waals surface area (Å²) in [4.78, 5) is 2.68. The monoisotopic (exact) mass is 252 g/mol. The highest BCUT2D eigenvalue weighted by molar-refractivity contribution is 4.83. The van der Waals surface area contributed by atoms with E-state index in [-0.39, 0.29) is 0 Å². The summed E-state index contributed by atoms with van der Waals surface area (Å²) in [5.41, 5.74) is 0.522. The van der Waals surface area contributed by atoms with E-state index < -0.39 is 0 Å². The van der Waals surface area contributed by atoms with E-state index in [1.54, 1.807) is 0 Å². The van der Waals surface area contributed by atoms with Crippen LogP contribution in [0.1, 0.15) is 53.4 Å². The Balaban J connectivity index is 1.73. The molecule has 1 aliphatic carbocycles. The fraction of sp³-hybridized carbons (Fsp3) is 1.00. The van der Waals surface area contributed by atoms with Crippen LogP contribution >= 0.6 is 0 Å². The highest BCUT2D eigenvalue weighted by Gasteiger charge is 2.30. The first-order chi connectivity index (χ1) is 8.45. The molecule has 0 aromatic carbocycles. The van der Waals surface area contributed by atoms with Crippen molar-refractivity contribution in [2.75, 3.05) is 26.2 Å². The van der Waals surface area contributed by atoms with Crippen molar-refractivity contribution in [3.05, 3.63) is 0 Å². The molecule has 1 saturated heterocycles. The fourth-order valence-electron chi connectivity index (χ4n) is 3.75. The zero-order valence-electron chi connectivity index (χ0n) is 12.8. The van der Waals surface area contributed by atoms with Crippen molar-refractivity contribution in [2.24, 2.45) is 17.3 Å². The quantitative estimate of drug-likeness (QED) is 0.812. The molecule has 1 aliphatic heterocycles. The Labute approximate surface area is 114 Å². The van der Waals surface area contributed by atoms with Crippen LogP contribution in [0.3, 0.4) is 0 Å². The lowest BCUT2D eigenvalue weighted by atomic mass is 9.70. The first-order valence-corrected chi connectivity index (χ1v) is 7.91. The van der Waals surface area contributed by atoms with Gasteiger partial charge in [0.15, 0.2) is 0 Å². The van der Waals surface area contributed by atoms with E-state index in [0.717, 1.165) is 11.8 Å². The summed E-state index contributed by atoms with van der Waals surface area (Å²) in [6, 6.07) is 0.685. The summed E-state index contributed by atoms with van der Waals surface area (Å²) in [6.45, 7) is 14.6. The maximum atomic E-state index is 3.53. The van der Waals surface area contributed by atoms with E-state index >= 15 is 0 Å². The molecule has 2 rings (SSSR count). The van der Waals surface area contributed by atoms with Crippen LogP contribution in [0, 0.1) is 17.3 Å². The van der Waals surface area contributed by atoms with Crippen LogP contribution in [0.5, 0.6) is 0 Å². The molecule has 1 unspecified atom stereocenters. The standard InChI is InChI=1S/C16H32N2/c1-13-11-18(10-9-17-13)12-14-5-7-15(8-6-14)16(2,3)4/h13-15,17H,5-12H2,1-4H3. The molecule has 1 saturated carbocycles. The number of hydrogen-bond donors (Lipinski definition) is 1. The van der Waals surface area contributed by atoms with Gasteiger partial charge in [0.05, 0.1) is 0 Å². The Hall–Kier alpha value is -0.0800. The number of rotatable bonds is 2. The van der Waals surface area contributed by atoms with E-state index in [1.807, 2.05) is 0 Å². The highest BCUT2D eigenvalue weighted by atomic mass is 15.2. The third kappa shape index (κ3) is 3.96. The molecule has 0 aromatic rings. The topological polar surface area (TPSA) is 15.3 Å². The van der Waals surface area contributed by atoms with Crippen LogP contribution in [-0.4, -0.2) is 37.1 Å². The average Bonchev–Trinajstić information content (AvgIpc) is 2.28. The maximum absolute atomic E-state index is 3.53. The fourth-order valence-corrected chi connectivity index (χ4v) is 3.75. The van der Waals surface area contributed by atoms with Gasteiger partial charge in [-0.1, -0.05) is 20.8 Å². The molecule has 2 heteroatoms. The molecule has 18 heavy (non-hydrogen) atoms. The number of hydrogen-bond acceptors (Lipinski definition) is 2. The van der Waals surface area contributed by atoms with Crippen LogP contribution in [0.2, 0.25) is 0 Å². The SMILES string of the molecule is CC1CN(CC2CCC(C(C)(C)C)CC2)CCN1. The predicted octanol–water partition coefficient (Wildman–Crippen LogP) is 3.13. The lowest BCUT2D eigenvalue weighted by Crippen LogP contribution is -2.50. The van der Waals surface area contributed by atoms with Crippen molar-refractivity contribution >= 4 is 0 Å². The second-order valence-electron chi connectivity index (χ2n) is 7.70. The van der Waals surface area contributed by atoms with Crippen LogP contribution < -0.4 is 5.32 Å². The van der Waals surface area contributed by atoms with Crippen LogP contribution in [-0.2, 0) is 0 Å². The van der Waals surface area contributed by atoms with Crippen molar-refractivity contribution in [1.29, 1.82) is 0 Å². The molecule has 1 heterocycles. The smallest absolute Gasteiger partial charge is 0.0167 e. The van der Waals surface area contributed by atoms with Gasteiger partial charge in [0.1, 0.15) is 0 Å². The zero-order chi connectivity index (χ0) is 13.2. The van der Waals surface area contributed by atoms with Crippen molar-refractivity contribution in [3.63, 3.8) is 0 Å². The zero-order valence-corrected chi connectivity index (χ0v) is 12.8. The second-order valence-corrected chi connectivity index (χ2v) is 7.70. The van der Waals surface area contributed by atoms with Crippen molar-refractivity contribution in [2.45, 2.75) is 59.4 Å². The molecule has 0 aromatic heterocycles. The van der Waals surface area contributed by atoms with Gasteiger partial charge in [-0.2, -0.15) is 0 Å². The number of nitrogens with one attached hydrogen (secondary N) is 1. The highest BCUT2D eigenvalue weighted by Crippen LogP contribution is 2.39. The molecule has 2 aliphatic rings. The first kappa shape index (κ1) is 14.3. The molecule has 1 N–H and O–H groups in total. The molecular formula is C16H32N2. The molecule has 0 radical (unpaired) electrons. The third-order valence-corrected chi connectivity index (χ3v) is 5.04. The van der Waals surface area contributed by atoms with E-state index in [4.69, 9.17) is 0 Å². The molecule has 2 nitrogen and oxygen atoms in total. The molecule has 2 fully saturated rings. The summed E-state index contributed by atoms with van der Waals surface area (Å²) in [7, 11) is 0. The van der Waals surface area contributed by atoms with Gasteiger partial charge < -0.3 is 10.2 Å². The normalized spacial score (nSPS) is 35.7. The van der Waals surface area contributed by atoms with Crippen LogP contribution in [0.25, 0.3) is 0 Å². The van der Waals surface area contributed by atoms with E-state index in [9.17, 15) is 0 Å². The molecular weight excluding hydrogens is 220 g/mol. The lowest BCUT2D eigenvalue weighted by Gasteiger charge is -2.40. The summed E-state index contributed by atoms with van der Waals surface area (Å²) < 4.78 is 0. The Morgan fingerprint density at radius 3 is 2.33 bits per heavy atom. The summed E-state index contributed by atoms with van der Waals surface area (Å²) in [5, 5.41) is 3.53. The minimum Gasteiger partial charge on any atom is -0.312 e. The molecule has 1 atom stereocenters.